The minimum Gasteiger partial charge on any atom is -0.383 e. The van der Waals surface area contributed by atoms with Gasteiger partial charge in [-0.05, 0) is 24.6 Å². The monoisotopic (exact) mass is 341 g/mol. The lowest BCUT2D eigenvalue weighted by molar-refractivity contribution is 0.179. The van der Waals surface area contributed by atoms with Gasteiger partial charge in [-0.3, -0.25) is 4.99 Å². The van der Waals surface area contributed by atoms with Gasteiger partial charge < -0.3 is 15.8 Å². The number of nitrogens with one attached hydrogen (secondary N) is 1. The van der Waals surface area contributed by atoms with Crippen LogP contribution in [0.1, 0.15) is 26.3 Å². The van der Waals surface area contributed by atoms with Crippen molar-refractivity contribution in [2.75, 3.05) is 20.3 Å². The van der Waals surface area contributed by atoms with Crippen molar-refractivity contribution in [3.8, 4) is 0 Å². The van der Waals surface area contributed by atoms with Crippen molar-refractivity contribution >= 4 is 21.9 Å². The highest BCUT2D eigenvalue weighted by Gasteiger charge is 2.20. The van der Waals surface area contributed by atoms with Crippen molar-refractivity contribution in [3.05, 3.63) is 34.3 Å². The zero-order valence-corrected chi connectivity index (χ0v) is 14.2. The minimum absolute atomic E-state index is 0.0580. The first-order valence-electron chi connectivity index (χ1n) is 6.66. The van der Waals surface area contributed by atoms with E-state index in [2.05, 4.69) is 52.2 Å². The van der Waals surface area contributed by atoms with E-state index in [0.717, 1.165) is 4.47 Å². The Morgan fingerprint density at radius 3 is 2.55 bits per heavy atom. The fourth-order valence-corrected chi connectivity index (χ4v) is 2.13. The van der Waals surface area contributed by atoms with Crippen LogP contribution in [-0.4, -0.2) is 32.3 Å². The highest BCUT2D eigenvalue weighted by atomic mass is 79.9. The van der Waals surface area contributed by atoms with Crippen molar-refractivity contribution < 1.29 is 4.74 Å². The first kappa shape index (κ1) is 17.0. The predicted octanol–water partition coefficient (Wildman–Crippen LogP) is 2.67. The van der Waals surface area contributed by atoms with Crippen molar-refractivity contribution in [1.29, 1.82) is 0 Å². The Bertz CT molecular complexity index is 443. The number of hydrogen-bond acceptors (Lipinski definition) is 2. The summed E-state index contributed by atoms with van der Waals surface area (Å²) in [6.45, 7) is 7.56. The van der Waals surface area contributed by atoms with Gasteiger partial charge in [-0.25, -0.2) is 0 Å². The van der Waals surface area contributed by atoms with Gasteiger partial charge in [-0.1, -0.05) is 41.9 Å². The first-order chi connectivity index (χ1) is 9.35. The number of methoxy groups -OCH3 is 1. The number of rotatable bonds is 6. The second-order valence-corrected chi connectivity index (χ2v) is 6.51. The molecule has 1 aromatic rings. The van der Waals surface area contributed by atoms with Crippen LogP contribution >= 0.6 is 15.9 Å². The van der Waals surface area contributed by atoms with Gasteiger partial charge in [-0.2, -0.15) is 0 Å². The zero-order chi connectivity index (χ0) is 15.2. The molecule has 4 nitrogen and oxygen atoms in total. The van der Waals surface area contributed by atoms with E-state index >= 15 is 0 Å². The number of guanidine groups is 1. The molecule has 0 saturated carbocycles. The lowest BCUT2D eigenvalue weighted by Crippen LogP contribution is -2.41. The molecule has 0 aliphatic heterocycles. The first-order valence-corrected chi connectivity index (χ1v) is 7.46. The summed E-state index contributed by atoms with van der Waals surface area (Å²) in [7, 11) is 1.67. The smallest absolute Gasteiger partial charge is 0.188 e. The van der Waals surface area contributed by atoms with Gasteiger partial charge in [0, 0.05) is 23.0 Å². The quantitative estimate of drug-likeness (QED) is 0.617. The van der Waals surface area contributed by atoms with Crippen molar-refractivity contribution in [3.63, 3.8) is 0 Å². The van der Waals surface area contributed by atoms with Crippen LogP contribution in [0.2, 0.25) is 0 Å². The van der Waals surface area contributed by atoms with Gasteiger partial charge in [0.25, 0.3) is 0 Å². The van der Waals surface area contributed by atoms with Crippen molar-refractivity contribution in [2.24, 2.45) is 10.7 Å². The average molecular weight is 342 g/mol. The molecule has 0 bridgehead atoms. The molecule has 1 aromatic carbocycles. The zero-order valence-electron chi connectivity index (χ0n) is 12.6. The van der Waals surface area contributed by atoms with E-state index in [0.29, 0.717) is 19.1 Å². The van der Waals surface area contributed by atoms with E-state index < -0.39 is 0 Å². The number of benzene rings is 1. The third-order valence-corrected chi connectivity index (χ3v) is 3.61. The molecule has 0 aliphatic carbocycles. The summed E-state index contributed by atoms with van der Waals surface area (Å²) in [5.41, 5.74) is 7.07. The molecule has 0 aromatic heterocycles. The molecule has 0 amide bonds. The van der Waals surface area contributed by atoms with E-state index in [1.54, 1.807) is 7.11 Å². The van der Waals surface area contributed by atoms with E-state index in [4.69, 9.17) is 10.5 Å². The SMILES string of the molecule is COCC(C)NC(N)=NCC(C)(C)c1ccc(Br)cc1. The number of hydrogen-bond donors (Lipinski definition) is 2. The van der Waals surface area contributed by atoms with Crippen LogP contribution in [0.15, 0.2) is 33.7 Å². The standard InChI is InChI=1S/C15H24BrN3O/c1-11(9-20-4)19-14(17)18-10-15(2,3)12-5-7-13(16)8-6-12/h5-8,11H,9-10H2,1-4H3,(H3,17,18,19). The number of ether oxygens (including phenoxy) is 1. The molecule has 3 N–H and O–H groups in total. The third kappa shape index (κ3) is 5.51. The van der Waals surface area contributed by atoms with Crippen molar-refractivity contribution in [2.45, 2.75) is 32.2 Å². The largest absolute Gasteiger partial charge is 0.383 e. The third-order valence-electron chi connectivity index (χ3n) is 3.08. The maximum Gasteiger partial charge on any atom is 0.188 e. The highest BCUT2D eigenvalue weighted by molar-refractivity contribution is 9.10. The van der Waals surface area contributed by atoms with Crippen LogP contribution in [0, 0.1) is 0 Å². The summed E-state index contributed by atoms with van der Waals surface area (Å²) < 4.78 is 6.13. The Hall–Kier alpha value is -1.07. The highest BCUT2D eigenvalue weighted by Crippen LogP contribution is 2.24. The molecule has 0 spiro atoms. The normalized spacial score (nSPS) is 14.2. The maximum atomic E-state index is 5.89. The molecule has 5 heteroatoms. The molecule has 1 atom stereocenters. The van der Waals surface area contributed by atoms with Gasteiger partial charge in [0.1, 0.15) is 0 Å². The van der Waals surface area contributed by atoms with Crippen LogP contribution in [0.5, 0.6) is 0 Å². The molecular weight excluding hydrogens is 318 g/mol. The summed E-state index contributed by atoms with van der Waals surface area (Å²) in [6, 6.07) is 8.46. The molecule has 0 fully saturated rings. The topological polar surface area (TPSA) is 59.6 Å². The summed E-state index contributed by atoms with van der Waals surface area (Å²) in [5, 5.41) is 3.11. The summed E-state index contributed by atoms with van der Waals surface area (Å²) in [4.78, 5) is 4.43. The molecule has 0 saturated heterocycles. The van der Waals surface area contributed by atoms with Gasteiger partial charge in [0.15, 0.2) is 5.96 Å². The van der Waals surface area contributed by atoms with Gasteiger partial charge in [0.2, 0.25) is 0 Å². The van der Waals surface area contributed by atoms with Crippen LogP contribution in [0.3, 0.4) is 0 Å². The van der Waals surface area contributed by atoms with Crippen LogP contribution in [0.4, 0.5) is 0 Å². The van der Waals surface area contributed by atoms with E-state index in [1.165, 1.54) is 5.56 Å². The van der Waals surface area contributed by atoms with Crippen LogP contribution in [-0.2, 0) is 10.2 Å². The molecule has 0 aliphatic rings. The Kier molecular flexibility index (Phi) is 6.49. The molecule has 112 valence electrons. The molecule has 0 radical (unpaired) electrons. The van der Waals surface area contributed by atoms with E-state index in [1.807, 2.05) is 19.1 Å². The second kappa shape index (κ2) is 7.64. The lowest BCUT2D eigenvalue weighted by atomic mass is 9.85. The average Bonchev–Trinajstić information content (AvgIpc) is 2.37. The fraction of sp³-hybridized carbons (Fsp3) is 0.533. The van der Waals surface area contributed by atoms with Gasteiger partial charge >= 0.3 is 0 Å². The molecular formula is C15H24BrN3O. The van der Waals surface area contributed by atoms with E-state index in [9.17, 15) is 0 Å². The lowest BCUT2D eigenvalue weighted by Gasteiger charge is -2.24. The number of aliphatic imine (C=N–C) groups is 1. The van der Waals surface area contributed by atoms with Crippen LogP contribution < -0.4 is 11.1 Å². The summed E-state index contributed by atoms with van der Waals surface area (Å²) >= 11 is 3.45. The number of nitrogens with zero attached hydrogens (tertiary/aromatic N) is 1. The van der Waals surface area contributed by atoms with Crippen molar-refractivity contribution in [1.82, 2.24) is 5.32 Å². The molecule has 1 unspecified atom stereocenters. The predicted molar refractivity (Wildman–Crippen MR) is 88.1 cm³/mol. The Balaban J connectivity index is 2.64. The van der Waals surface area contributed by atoms with Gasteiger partial charge in [0.05, 0.1) is 13.2 Å². The second-order valence-electron chi connectivity index (χ2n) is 5.59. The summed E-state index contributed by atoms with van der Waals surface area (Å²) in [5.74, 6) is 0.458. The van der Waals surface area contributed by atoms with E-state index in [-0.39, 0.29) is 11.5 Å². The Morgan fingerprint density at radius 1 is 1.40 bits per heavy atom. The molecule has 20 heavy (non-hydrogen) atoms. The number of halogens is 1. The minimum atomic E-state index is -0.0580. The molecule has 0 heterocycles. The van der Waals surface area contributed by atoms with Gasteiger partial charge in [-0.15, -0.1) is 0 Å². The summed E-state index contributed by atoms with van der Waals surface area (Å²) in [6.07, 6.45) is 0. The number of nitrogens with two attached hydrogens (primary N) is 1. The molecule has 1 rings (SSSR count). The maximum absolute atomic E-state index is 5.89. The fourth-order valence-electron chi connectivity index (χ4n) is 1.86. The Labute approximate surface area is 129 Å². The Morgan fingerprint density at radius 2 is 2.00 bits per heavy atom. The van der Waals surface area contributed by atoms with Crippen LogP contribution in [0.25, 0.3) is 0 Å².